The van der Waals surface area contributed by atoms with Crippen LogP contribution in [0.3, 0.4) is 0 Å². The van der Waals surface area contributed by atoms with Gasteiger partial charge in [-0.25, -0.2) is 14.6 Å². The molecule has 3 rings (SSSR count). The van der Waals surface area contributed by atoms with Gasteiger partial charge in [0.05, 0.1) is 12.0 Å². The number of furan rings is 1. The van der Waals surface area contributed by atoms with Gasteiger partial charge in [-0.2, -0.15) is 31.6 Å². The van der Waals surface area contributed by atoms with Crippen LogP contribution in [0.2, 0.25) is 0 Å². The van der Waals surface area contributed by atoms with Crippen LogP contribution < -0.4 is 5.73 Å². The van der Waals surface area contributed by atoms with E-state index in [1.54, 1.807) is 36.9 Å². The molecule has 3 aromatic rings. The summed E-state index contributed by atoms with van der Waals surface area (Å²) in [6.07, 6.45) is -5.25. The summed E-state index contributed by atoms with van der Waals surface area (Å²) in [5.41, 5.74) is 8.39. The third-order valence-corrected chi connectivity index (χ3v) is 3.41. The number of aliphatic carboxylic acids is 2. The van der Waals surface area contributed by atoms with Gasteiger partial charge in [-0.3, -0.25) is 4.98 Å². The first-order chi connectivity index (χ1) is 15.7. The molecule has 0 amide bonds. The van der Waals surface area contributed by atoms with E-state index in [0.29, 0.717) is 22.6 Å². The Morgan fingerprint density at radius 2 is 1.50 bits per heavy atom. The summed E-state index contributed by atoms with van der Waals surface area (Å²) in [5, 5.41) is 23.5. The number of nitriles is 1. The third-order valence-electron chi connectivity index (χ3n) is 3.41. The summed E-state index contributed by atoms with van der Waals surface area (Å²) in [6, 6.07) is 11.1. The van der Waals surface area contributed by atoms with Crippen molar-refractivity contribution in [3.63, 3.8) is 0 Å². The molecule has 34 heavy (non-hydrogen) atoms. The fraction of sp³-hybridized carbons (Fsp3) is 0.105. The first-order valence-electron chi connectivity index (χ1n) is 8.43. The van der Waals surface area contributed by atoms with Crippen molar-refractivity contribution in [3.05, 3.63) is 54.6 Å². The number of pyridine rings is 2. The predicted octanol–water partition coefficient (Wildman–Crippen LogP) is 4.12. The number of aromatic nitrogens is 2. The average Bonchev–Trinajstić information content (AvgIpc) is 3.28. The van der Waals surface area contributed by atoms with Crippen molar-refractivity contribution in [2.75, 3.05) is 5.73 Å². The summed E-state index contributed by atoms with van der Waals surface area (Å²) >= 11 is 0. The van der Waals surface area contributed by atoms with Crippen LogP contribution in [-0.2, 0) is 9.59 Å². The Morgan fingerprint density at radius 1 is 1.00 bits per heavy atom. The summed E-state index contributed by atoms with van der Waals surface area (Å²) in [7, 11) is 0. The van der Waals surface area contributed by atoms with Crippen molar-refractivity contribution in [3.8, 4) is 28.7 Å². The van der Waals surface area contributed by atoms with Crippen LogP contribution in [0, 0.1) is 11.3 Å². The van der Waals surface area contributed by atoms with Gasteiger partial charge >= 0.3 is 24.3 Å². The molecule has 0 aliphatic heterocycles. The van der Waals surface area contributed by atoms with Crippen LogP contribution in [0.5, 0.6) is 0 Å². The lowest BCUT2D eigenvalue weighted by molar-refractivity contribution is -0.193. The zero-order valence-electron chi connectivity index (χ0n) is 16.4. The quantitative estimate of drug-likeness (QED) is 0.448. The van der Waals surface area contributed by atoms with Crippen molar-refractivity contribution < 1.29 is 50.6 Å². The molecular weight excluding hydrogens is 478 g/mol. The number of carboxylic acid groups (broad SMARTS) is 2. The highest BCUT2D eigenvalue weighted by molar-refractivity contribution is 5.77. The SMILES string of the molecule is N#Cc1c(-c2ccco2)cc(-c2ccncc2)nc1N.O=C(O)C(F)(F)F.O=C(O)C(F)(F)F. The lowest BCUT2D eigenvalue weighted by Gasteiger charge is -2.07. The van der Waals surface area contributed by atoms with Crippen molar-refractivity contribution >= 4 is 17.8 Å². The molecule has 0 bridgehead atoms. The molecule has 0 aliphatic rings. The van der Waals surface area contributed by atoms with Gasteiger partial charge in [-0.05, 0) is 30.3 Å². The molecule has 0 unspecified atom stereocenters. The van der Waals surface area contributed by atoms with Crippen molar-refractivity contribution in [1.29, 1.82) is 5.26 Å². The number of hydrogen-bond acceptors (Lipinski definition) is 7. The number of nitrogen functional groups attached to an aromatic ring is 1. The maximum Gasteiger partial charge on any atom is 0.490 e. The zero-order valence-corrected chi connectivity index (χ0v) is 16.4. The number of nitrogens with two attached hydrogens (primary N) is 1. The number of carboxylic acids is 2. The van der Waals surface area contributed by atoms with Gasteiger partial charge in [-0.15, -0.1) is 0 Å². The molecule has 0 spiro atoms. The molecule has 15 heteroatoms. The maximum atomic E-state index is 10.6. The van der Waals surface area contributed by atoms with Gasteiger partial charge in [0, 0.05) is 23.5 Å². The summed E-state index contributed by atoms with van der Waals surface area (Å²) in [4.78, 5) is 26.0. The molecule has 3 heterocycles. The molecular formula is C19H12F6N4O5. The van der Waals surface area contributed by atoms with E-state index in [1.807, 2.05) is 12.1 Å². The van der Waals surface area contributed by atoms with Crippen LogP contribution in [-0.4, -0.2) is 44.5 Å². The molecule has 0 atom stereocenters. The van der Waals surface area contributed by atoms with E-state index in [1.165, 1.54) is 0 Å². The highest BCUT2D eigenvalue weighted by Crippen LogP contribution is 2.31. The van der Waals surface area contributed by atoms with E-state index in [2.05, 4.69) is 16.0 Å². The first-order valence-corrected chi connectivity index (χ1v) is 8.43. The normalized spacial score (nSPS) is 10.6. The van der Waals surface area contributed by atoms with E-state index in [4.69, 9.17) is 30.0 Å². The second-order valence-electron chi connectivity index (χ2n) is 5.75. The summed E-state index contributed by atoms with van der Waals surface area (Å²) in [6.45, 7) is 0. The Morgan fingerprint density at radius 3 is 1.88 bits per heavy atom. The number of rotatable bonds is 2. The minimum atomic E-state index is -5.08. The van der Waals surface area contributed by atoms with E-state index in [9.17, 15) is 31.6 Å². The molecule has 0 saturated heterocycles. The topological polar surface area (TPSA) is 163 Å². The minimum absolute atomic E-state index is 0.188. The van der Waals surface area contributed by atoms with E-state index >= 15 is 0 Å². The highest BCUT2D eigenvalue weighted by Gasteiger charge is 2.38. The van der Waals surface area contributed by atoms with Gasteiger partial charge in [0.2, 0.25) is 0 Å². The number of alkyl halides is 6. The Hall–Kier alpha value is -4.61. The van der Waals surface area contributed by atoms with Gasteiger partial charge in [-0.1, -0.05) is 0 Å². The monoisotopic (exact) mass is 490 g/mol. The number of carbonyl (C=O) groups is 2. The van der Waals surface area contributed by atoms with Crippen molar-refractivity contribution in [2.24, 2.45) is 0 Å². The number of halogens is 6. The molecule has 0 radical (unpaired) electrons. The van der Waals surface area contributed by atoms with Gasteiger partial charge < -0.3 is 20.4 Å². The fourth-order valence-corrected chi connectivity index (χ4v) is 1.98. The molecule has 180 valence electrons. The van der Waals surface area contributed by atoms with Crippen molar-refractivity contribution in [2.45, 2.75) is 12.4 Å². The lowest BCUT2D eigenvalue weighted by atomic mass is 10.0. The van der Waals surface area contributed by atoms with Gasteiger partial charge in [0.15, 0.2) is 0 Å². The highest BCUT2D eigenvalue weighted by atomic mass is 19.4. The second kappa shape index (κ2) is 11.3. The smallest absolute Gasteiger partial charge is 0.475 e. The van der Waals surface area contributed by atoms with Crippen molar-refractivity contribution in [1.82, 2.24) is 9.97 Å². The van der Waals surface area contributed by atoms with Crippen LogP contribution in [0.25, 0.3) is 22.6 Å². The Bertz CT molecular complexity index is 1130. The third kappa shape index (κ3) is 8.15. The molecule has 9 nitrogen and oxygen atoms in total. The molecule has 3 aromatic heterocycles. The standard InChI is InChI=1S/C15H10N4O.2C2HF3O2/c16-9-12-11(14-2-1-7-20-14)8-13(19-15(12)17)10-3-5-18-6-4-10;2*3-2(4,5)1(6)7/h1-8H,(H2,17,19);2*(H,6,7). The van der Waals surface area contributed by atoms with Crippen LogP contribution in [0.1, 0.15) is 5.56 Å². The minimum Gasteiger partial charge on any atom is -0.475 e. The zero-order chi connectivity index (χ0) is 26.1. The number of nitrogens with zero attached hydrogens (tertiary/aromatic N) is 3. The predicted molar refractivity (Wildman–Crippen MR) is 102 cm³/mol. The van der Waals surface area contributed by atoms with E-state index in [-0.39, 0.29) is 5.82 Å². The molecule has 0 saturated carbocycles. The summed E-state index contributed by atoms with van der Waals surface area (Å²) in [5.74, 6) is -4.74. The molecule has 0 aromatic carbocycles. The number of hydrogen-bond donors (Lipinski definition) is 3. The van der Waals surface area contributed by atoms with Crippen LogP contribution >= 0.6 is 0 Å². The Kier molecular flexibility index (Phi) is 9.12. The van der Waals surface area contributed by atoms with Gasteiger partial charge in [0.1, 0.15) is 23.2 Å². The fourth-order valence-electron chi connectivity index (χ4n) is 1.98. The van der Waals surface area contributed by atoms with Crippen LogP contribution in [0.4, 0.5) is 32.2 Å². The average molecular weight is 490 g/mol. The molecule has 0 fully saturated rings. The molecule has 4 N–H and O–H groups in total. The second-order valence-corrected chi connectivity index (χ2v) is 5.75. The Labute approximate surface area is 185 Å². The Balaban J connectivity index is 0.000000343. The summed E-state index contributed by atoms with van der Waals surface area (Å²) < 4.78 is 68.8. The first kappa shape index (κ1) is 27.4. The van der Waals surface area contributed by atoms with Crippen LogP contribution in [0.15, 0.2) is 53.4 Å². The maximum absolute atomic E-state index is 10.6. The lowest BCUT2D eigenvalue weighted by Crippen LogP contribution is -2.21. The van der Waals surface area contributed by atoms with Gasteiger partial charge in [0.25, 0.3) is 0 Å². The number of anilines is 1. The largest absolute Gasteiger partial charge is 0.490 e. The molecule has 0 aliphatic carbocycles. The van der Waals surface area contributed by atoms with E-state index < -0.39 is 24.3 Å². The van der Waals surface area contributed by atoms with E-state index in [0.717, 1.165) is 5.56 Å².